The summed E-state index contributed by atoms with van der Waals surface area (Å²) in [6, 6.07) is 7.83. The smallest absolute Gasteiger partial charge is 0.338 e. The first-order chi connectivity index (χ1) is 15.5. The third-order valence-corrected chi connectivity index (χ3v) is 6.15. The number of furan rings is 1. The molecule has 0 aliphatic carbocycles. The van der Waals surface area contributed by atoms with Crippen molar-refractivity contribution in [3.63, 3.8) is 0 Å². The number of esters is 1. The summed E-state index contributed by atoms with van der Waals surface area (Å²) in [6.45, 7) is 3.84. The zero-order valence-corrected chi connectivity index (χ0v) is 18.9. The maximum absolute atomic E-state index is 12.8. The first-order valence-corrected chi connectivity index (χ1v) is 11.1. The highest BCUT2D eigenvalue weighted by Crippen LogP contribution is 2.31. The molecule has 0 bridgehead atoms. The van der Waals surface area contributed by atoms with Gasteiger partial charge in [-0.05, 0) is 43.7 Å². The van der Waals surface area contributed by atoms with Crippen molar-refractivity contribution < 1.29 is 18.7 Å². The average molecular weight is 474 g/mol. The maximum Gasteiger partial charge on any atom is 0.338 e. The monoisotopic (exact) mass is 473 g/mol. The quantitative estimate of drug-likeness (QED) is 0.396. The topological polar surface area (TPSA) is 111 Å². The van der Waals surface area contributed by atoms with Crippen molar-refractivity contribution in [2.45, 2.75) is 25.0 Å². The van der Waals surface area contributed by atoms with E-state index in [1.165, 1.54) is 18.0 Å². The van der Waals surface area contributed by atoms with Crippen LogP contribution in [0.3, 0.4) is 0 Å². The van der Waals surface area contributed by atoms with E-state index in [1.54, 1.807) is 30.0 Å². The summed E-state index contributed by atoms with van der Waals surface area (Å²) < 4.78 is 12.5. The van der Waals surface area contributed by atoms with Gasteiger partial charge in [0.1, 0.15) is 18.1 Å². The Morgan fingerprint density at radius 2 is 2.22 bits per heavy atom. The molecule has 1 aliphatic heterocycles. The molecule has 2 amide bonds. The highest BCUT2D eigenvalue weighted by atomic mass is 35.5. The first-order valence-electron chi connectivity index (χ1n) is 9.78. The van der Waals surface area contributed by atoms with Crippen LogP contribution in [0.1, 0.15) is 24.3 Å². The summed E-state index contributed by atoms with van der Waals surface area (Å²) in [7, 11) is 0. The number of nitrogens with one attached hydrogen (secondary N) is 2. The van der Waals surface area contributed by atoms with E-state index in [2.05, 4.69) is 20.8 Å². The molecule has 1 atom stereocenters. The van der Waals surface area contributed by atoms with Crippen LogP contribution in [0.25, 0.3) is 5.69 Å². The fourth-order valence-corrected chi connectivity index (χ4v) is 4.29. The van der Waals surface area contributed by atoms with Crippen LogP contribution in [0.5, 0.6) is 0 Å². The minimum absolute atomic E-state index is 0.198. The van der Waals surface area contributed by atoms with Crippen molar-refractivity contribution in [2.75, 3.05) is 12.4 Å². The molecule has 32 heavy (non-hydrogen) atoms. The van der Waals surface area contributed by atoms with E-state index < -0.39 is 18.0 Å². The summed E-state index contributed by atoms with van der Waals surface area (Å²) in [5.41, 5.74) is 2.45. The number of benzene rings is 1. The Bertz CT molecular complexity index is 1170. The molecule has 1 unspecified atom stereocenters. The van der Waals surface area contributed by atoms with Gasteiger partial charge in [-0.15, -0.1) is 10.2 Å². The molecule has 4 rings (SSSR count). The lowest BCUT2D eigenvalue weighted by Crippen LogP contribution is -2.46. The molecular formula is C21H20ClN5O4S. The third kappa shape index (κ3) is 4.51. The Labute approximate surface area is 193 Å². The van der Waals surface area contributed by atoms with Gasteiger partial charge in [-0.25, -0.2) is 9.59 Å². The van der Waals surface area contributed by atoms with Crippen LogP contribution >= 0.6 is 23.4 Å². The second-order valence-corrected chi connectivity index (χ2v) is 8.21. The number of ether oxygens (including phenoxy) is 1. The van der Waals surface area contributed by atoms with Crippen LogP contribution in [0.15, 0.2) is 63.8 Å². The summed E-state index contributed by atoms with van der Waals surface area (Å²) in [5.74, 6) is 0.142. The summed E-state index contributed by atoms with van der Waals surface area (Å²) in [4.78, 5) is 25.1. The minimum Gasteiger partial charge on any atom is -0.467 e. The fraction of sp³-hybridized carbons (Fsp3) is 0.238. The number of carbonyl (C=O) groups excluding carboxylic acids is 2. The zero-order valence-electron chi connectivity index (χ0n) is 17.3. The van der Waals surface area contributed by atoms with Gasteiger partial charge in [-0.1, -0.05) is 29.4 Å². The van der Waals surface area contributed by atoms with E-state index in [0.717, 1.165) is 11.3 Å². The average Bonchev–Trinajstić information content (AvgIpc) is 3.46. The van der Waals surface area contributed by atoms with Gasteiger partial charge in [-0.2, -0.15) is 0 Å². The van der Waals surface area contributed by atoms with Crippen LogP contribution in [-0.4, -0.2) is 39.1 Å². The molecule has 1 aliphatic rings. The number of thioether (sulfide) groups is 1. The Morgan fingerprint density at radius 1 is 1.38 bits per heavy atom. The number of halogens is 1. The first kappa shape index (κ1) is 22.0. The molecule has 166 valence electrons. The van der Waals surface area contributed by atoms with Crippen LogP contribution < -0.4 is 10.6 Å². The lowest BCUT2D eigenvalue weighted by atomic mass is 10.0. The molecule has 2 N–H and O–H groups in total. The van der Waals surface area contributed by atoms with Crippen LogP contribution in [-0.2, 0) is 9.53 Å². The van der Waals surface area contributed by atoms with Gasteiger partial charge < -0.3 is 19.8 Å². The summed E-state index contributed by atoms with van der Waals surface area (Å²) in [5, 5.41) is 14.8. The van der Waals surface area contributed by atoms with Gasteiger partial charge >= 0.3 is 12.0 Å². The van der Waals surface area contributed by atoms with E-state index in [9.17, 15) is 9.59 Å². The normalized spacial score (nSPS) is 16.0. The van der Waals surface area contributed by atoms with Crippen molar-refractivity contribution in [1.82, 2.24) is 25.4 Å². The Hall–Kier alpha value is -3.24. The number of hydrogen-bond acceptors (Lipinski definition) is 7. The molecule has 0 saturated heterocycles. The SMILES string of the molecule is CCOC(=O)C1=C(CSc2nncn2-c2ccc(C)c(Cl)c2)NC(=O)NC1c1ccco1. The molecule has 0 saturated carbocycles. The molecule has 1 aromatic carbocycles. The number of amides is 2. The van der Waals surface area contributed by atoms with E-state index in [-0.39, 0.29) is 17.9 Å². The van der Waals surface area contributed by atoms with Gasteiger partial charge in [0.05, 0.1) is 24.1 Å². The number of urea groups is 1. The van der Waals surface area contributed by atoms with Crippen LogP contribution in [0.4, 0.5) is 4.79 Å². The molecule has 0 fully saturated rings. The van der Waals surface area contributed by atoms with Gasteiger partial charge in [0.2, 0.25) is 0 Å². The Kier molecular flexibility index (Phi) is 6.52. The lowest BCUT2D eigenvalue weighted by molar-refractivity contribution is -0.139. The fourth-order valence-electron chi connectivity index (χ4n) is 3.22. The number of aryl methyl sites for hydroxylation is 1. The molecule has 0 radical (unpaired) electrons. The number of nitrogens with zero attached hydrogens (tertiary/aromatic N) is 3. The highest BCUT2D eigenvalue weighted by Gasteiger charge is 2.35. The molecule has 3 aromatic rings. The largest absolute Gasteiger partial charge is 0.467 e. The van der Waals surface area contributed by atoms with Gasteiger partial charge in [0, 0.05) is 16.5 Å². The minimum atomic E-state index is -0.762. The van der Waals surface area contributed by atoms with Crippen molar-refractivity contribution in [3.8, 4) is 5.69 Å². The third-order valence-electron chi connectivity index (χ3n) is 4.77. The summed E-state index contributed by atoms with van der Waals surface area (Å²) >= 11 is 7.58. The van der Waals surface area contributed by atoms with E-state index >= 15 is 0 Å². The molecular weight excluding hydrogens is 454 g/mol. The van der Waals surface area contributed by atoms with Crippen LogP contribution in [0, 0.1) is 6.92 Å². The van der Waals surface area contributed by atoms with E-state index in [4.69, 9.17) is 20.8 Å². The zero-order chi connectivity index (χ0) is 22.7. The Balaban J connectivity index is 1.65. The number of aromatic nitrogens is 3. The summed E-state index contributed by atoms with van der Waals surface area (Å²) in [6.07, 6.45) is 3.06. The molecule has 2 aromatic heterocycles. The lowest BCUT2D eigenvalue weighted by Gasteiger charge is -2.27. The van der Waals surface area contributed by atoms with E-state index in [1.807, 2.05) is 25.1 Å². The highest BCUT2D eigenvalue weighted by molar-refractivity contribution is 7.99. The molecule has 9 nitrogen and oxygen atoms in total. The second kappa shape index (κ2) is 9.49. The number of hydrogen-bond donors (Lipinski definition) is 2. The molecule has 11 heteroatoms. The van der Waals surface area contributed by atoms with Gasteiger partial charge in [0.25, 0.3) is 0 Å². The van der Waals surface area contributed by atoms with Crippen molar-refractivity contribution in [3.05, 3.63) is 70.5 Å². The second-order valence-electron chi connectivity index (χ2n) is 6.87. The van der Waals surface area contributed by atoms with Gasteiger partial charge in [0.15, 0.2) is 5.16 Å². The van der Waals surface area contributed by atoms with Crippen LogP contribution in [0.2, 0.25) is 5.02 Å². The number of carbonyl (C=O) groups is 2. The predicted octanol–water partition coefficient (Wildman–Crippen LogP) is 3.79. The Morgan fingerprint density at radius 3 is 2.94 bits per heavy atom. The van der Waals surface area contributed by atoms with E-state index in [0.29, 0.717) is 21.6 Å². The van der Waals surface area contributed by atoms with Crippen molar-refractivity contribution >= 4 is 35.4 Å². The number of rotatable bonds is 7. The maximum atomic E-state index is 12.8. The molecule has 0 spiro atoms. The van der Waals surface area contributed by atoms with Gasteiger partial charge in [-0.3, -0.25) is 4.57 Å². The standard InChI is InChI=1S/C21H20ClN5O4S/c1-3-30-19(28)17-15(24-20(29)25-18(17)16-5-4-8-31-16)10-32-21-26-23-11-27(21)13-7-6-12(2)14(22)9-13/h4-9,11,18H,3,10H2,1-2H3,(H2,24,25,29). The molecule has 3 heterocycles. The van der Waals surface area contributed by atoms with Crippen molar-refractivity contribution in [1.29, 1.82) is 0 Å². The van der Waals surface area contributed by atoms with Crippen molar-refractivity contribution in [2.24, 2.45) is 0 Å². The predicted molar refractivity (Wildman–Crippen MR) is 119 cm³/mol.